The van der Waals surface area contributed by atoms with Gasteiger partial charge in [-0.15, -0.1) is 0 Å². The Morgan fingerprint density at radius 1 is 0.184 bits per heavy atom. The largest absolute Gasteiger partial charge is 0.457 e. The van der Waals surface area contributed by atoms with Crippen molar-refractivity contribution in [2.75, 3.05) is 237 Å². The molecule has 13 rings (SSSR count). The average Bonchev–Trinajstić information content (AvgIpc) is 0.717. The second-order valence-corrected chi connectivity index (χ2v) is 41.2. The number of unbranched alkanes of at least 4 members (excludes halogenated alkanes) is 32. The fraction of sp³-hybridized carbons (Fsp3) is 0.786. The third-order valence-corrected chi connectivity index (χ3v) is 30.7. The predicted molar refractivity (Wildman–Crippen MR) is 561 cm³/mol. The summed E-state index contributed by atoms with van der Waals surface area (Å²) in [6, 6.07) is 10.9. The van der Waals surface area contributed by atoms with Crippen molar-refractivity contribution in [3.63, 3.8) is 0 Å². The Hall–Kier alpha value is -5.36. The Morgan fingerprint density at radius 2 is 0.316 bits per heavy atom. The molecular weight excluding hydrogens is 1700 g/mol. The molecule has 1 aliphatic carbocycles. The summed E-state index contributed by atoms with van der Waals surface area (Å²) in [5.41, 5.74) is 14.6. The Bertz CT molecular complexity index is 3290. The number of nitrogens with zero attached hydrogens (tertiary/aromatic N) is 4. The van der Waals surface area contributed by atoms with Gasteiger partial charge in [-0.05, 0) is 49.9 Å². The second-order valence-electron chi connectivity index (χ2n) is 41.2. The molecule has 4 saturated heterocycles. The SMILES string of the molecule is CCCCCCCCCCCC1c2cc3c4c(CN5CCNCCNCCNCC5)c2OCOc2c1cc1c(c2CN2CCNCCNCCNCC2)OCOc2c(cc5c(c2CN2CCNCCNCCNCC2)OCOc2c(cc(c(c2CN2CCNCCNCCNCC2)OCO4)C3CCCCCCCCCCC)C5CCCCCCCCCCC)C1CCCCCCCCCCC. The smallest absolute Gasteiger partial charge is 0.230 e. The monoisotopic (exact) mass is 1890 g/mol. The first-order valence-corrected chi connectivity index (χ1v) is 56.7. The van der Waals surface area contributed by atoms with Gasteiger partial charge in [-0.1, -0.05) is 259 Å². The van der Waals surface area contributed by atoms with Crippen molar-refractivity contribution in [3.05, 3.63) is 91.0 Å². The van der Waals surface area contributed by atoms with Crippen molar-refractivity contribution in [2.45, 2.75) is 334 Å². The predicted octanol–water partition coefficient (Wildman–Crippen LogP) is 17.5. The Kier molecular flexibility index (Phi) is 51.0. The molecule has 9 aliphatic rings. The van der Waals surface area contributed by atoms with Crippen LogP contribution in [0.3, 0.4) is 0 Å². The van der Waals surface area contributed by atoms with E-state index in [1.54, 1.807) is 0 Å². The molecule has 4 fully saturated rings. The molecule has 24 heteroatoms. The van der Waals surface area contributed by atoms with E-state index in [1.165, 1.54) is 224 Å². The standard InChI is InChI=1S/C112H192N16O8/c1-5-9-13-17-21-25-29-33-37-41-89-93-77-95-90(42-38-34-30-26-22-18-14-10-6-2)97-79-99-92(44-40-36-32-28-24-20-16-12-8-4)100-80-98-91(43-39-35-31-27-23-19-15-11-7-3)96-78-94(89)106-102(82-126-71-63-119-55-47-114-48-56-120-64-72-126)108(96)132-87-134-110(98)104(84-128-75-67-123-59-51-116-52-60-124-68-76-128)112(100)136-88-135-111(99)103(83-127-73-65-121-57-49-115-50-58-122-66-74-127)109(97)133-86-131-107(95)101(105(93)129-85-130-106)81-125-69-61-117-53-45-113-46-54-118-62-70-125/h77-80,89-92,113-124H,5-76,81-88H2,1-4H3. The van der Waals surface area contributed by atoms with Crippen molar-refractivity contribution in [1.82, 2.24) is 83.4 Å². The zero-order valence-corrected chi connectivity index (χ0v) is 86.2. The van der Waals surface area contributed by atoms with Gasteiger partial charge in [0.15, 0.2) is 0 Å². The van der Waals surface area contributed by atoms with E-state index >= 15 is 0 Å². The first kappa shape index (κ1) is 108. The van der Waals surface area contributed by atoms with E-state index in [2.05, 4.69) is 135 Å². The molecule has 0 saturated carbocycles. The Balaban J connectivity index is 1.14. The lowest BCUT2D eigenvalue weighted by Crippen LogP contribution is -2.41. The quantitative estimate of drug-likeness (QED) is 0.0184. The van der Waals surface area contributed by atoms with Crippen molar-refractivity contribution in [3.8, 4) is 46.0 Å². The Labute approximate surface area is 824 Å². The fourth-order valence-corrected chi connectivity index (χ4v) is 22.9. The van der Waals surface area contributed by atoms with Crippen LogP contribution in [0.25, 0.3) is 0 Å². The minimum atomic E-state index is -0.155. The third-order valence-electron chi connectivity index (χ3n) is 30.7. The maximum absolute atomic E-state index is 7.89. The summed E-state index contributed by atoms with van der Waals surface area (Å²) in [5, 5.41) is 45.9. The minimum Gasteiger partial charge on any atom is -0.457 e. The van der Waals surface area contributed by atoms with Crippen LogP contribution in [-0.4, -0.2) is 256 Å². The van der Waals surface area contributed by atoms with E-state index in [9.17, 15) is 0 Å². The molecule has 0 atom stereocenters. The van der Waals surface area contributed by atoms with Crippen LogP contribution in [0.4, 0.5) is 0 Å². The van der Waals surface area contributed by atoms with Crippen molar-refractivity contribution in [2.24, 2.45) is 0 Å². The van der Waals surface area contributed by atoms with Crippen LogP contribution in [-0.2, 0) is 26.2 Å². The lowest BCUT2D eigenvalue weighted by Gasteiger charge is -2.39. The number of hydrogen-bond acceptors (Lipinski definition) is 24. The molecule has 0 unspecified atom stereocenters. The Morgan fingerprint density at radius 3 is 0.463 bits per heavy atom. The first-order valence-electron chi connectivity index (χ1n) is 56.7. The molecule has 0 aromatic heterocycles. The molecular formula is C112H192N16O8. The topological polar surface area (TPSA) is 231 Å². The molecule has 0 radical (unpaired) electrons. The van der Waals surface area contributed by atoms with Crippen LogP contribution < -0.4 is 102 Å². The summed E-state index contributed by atoms with van der Waals surface area (Å²) >= 11 is 0. The number of nitrogens with one attached hydrogen (secondary N) is 12. The summed E-state index contributed by atoms with van der Waals surface area (Å²) in [5.74, 6) is 6.73. The number of rotatable bonds is 48. The molecule has 8 aliphatic heterocycles. The van der Waals surface area contributed by atoms with E-state index in [0.717, 1.165) is 355 Å². The summed E-state index contributed by atoms with van der Waals surface area (Å²) in [7, 11) is 0. The van der Waals surface area contributed by atoms with Crippen LogP contribution in [0.15, 0.2) is 24.3 Å². The summed E-state index contributed by atoms with van der Waals surface area (Å²) in [6.45, 7) is 40.4. The number of ether oxygens (including phenoxy) is 8. The highest BCUT2D eigenvalue weighted by atomic mass is 16.7. The molecule has 0 amide bonds. The molecule has 768 valence electrons. The van der Waals surface area contributed by atoms with Gasteiger partial charge in [-0.3, -0.25) is 19.6 Å². The highest BCUT2D eigenvalue weighted by molar-refractivity contribution is 5.70. The third kappa shape index (κ3) is 34.5. The number of benzene rings is 4. The van der Waals surface area contributed by atoms with E-state index < -0.39 is 0 Å². The van der Waals surface area contributed by atoms with Gasteiger partial charge >= 0.3 is 0 Å². The molecule has 4 aromatic carbocycles. The summed E-state index contributed by atoms with van der Waals surface area (Å²) in [4.78, 5) is 10.8. The van der Waals surface area contributed by atoms with E-state index in [1.807, 2.05) is 0 Å². The van der Waals surface area contributed by atoms with Gasteiger partial charge in [0.2, 0.25) is 27.2 Å². The molecule has 136 heavy (non-hydrogen) atoms. The minimum absolute atomic E-state index is 0.0131. The molecule has 12 N–H and O–H groups in total. The van der Waals surface area contributed by atoms with Gasteiger partial charge in [-0.25, -0.2) is 0 Å². The van der Waals surface area contributed by atoms with Crippen LogP contribution in [0.5, 0.6) is 46.0 Å². The fourth-order valence-electron chi connectivity index (χ4n) is 22.9. The van der Waals surface area contributed by atoms with E-state index in [-0.39, 0.29) is 50.8 Å². The first-order chi connectivity index (χ1) is 67.5. The molecule has 8 bridgehead atoms. The van der Waals surface area contributed by atoms with Crippen LogP contribution in [0.1, 0.15) is 375 Å². The maximum atomic E-state index is 7.89. The maximum Gasteiger partial charge on any atom is 0.230 e. The lowest BCUT2D eigenvalue weighted by molar-refractivity contribution is 0.0899. The van der Waals surface area contributed by atoms with Gasteiger partial charge in [0, 0.05) is 304 Å². The van der Waals surface area contributed by atoms with Gasteiger partial charge in [0.1, 0.15) is 46.0 Å². The highest BCUT2D eigenvalue weighted by Gasteiger charge is 2.43. The second kappa shape index (κ2) is 64.3. The molecule has 4 aromatic rings. The van der Waals surface area contributed by atoms with Crippen molar-refractivity contribution >= 4 is 0 Å². The van der Waals surface area contributed by atoms with Gasteiger partial charge in [0.25, 0.3) is 0 Å². The van der Waals surface area contributed by atoms with E-state index in [0.29, 0.717) is 26.2 Å². The molecule has 24 nitrogen and oxygen atoms in total. The zero-order chi connectivity index (χ0) is 93.7. The van der Waals surface area contributed by atoms with Gasteiger partial charge in [0.05, 0.1) is 22.3 Å². The zero-order valence-electron chi connectivity index (χ0n) is 86.2. The molecule has 8 heterocycles. The van der Waals surface area contributed by atoms with Crippen LogP contribution >= 0.6 is 0 Å². The lowest BCUT2D eigenvalue weighted by atomic mass is 9.74. The van der Waals surface area contributed by atoms with E-state index in [4.69, 9.17) is 37.9 Å². The van der Waals surface area contributed by atoms with Gasteiger partial charge < -0.3 is 102 Å². The normalized spacial score (nSPS) is 21.0. The average molecular weight is 1890 g/mol. The molecule has 0 spiro atoms. The van der Waals surface area contributed by atoms with Crippen LogP contribution in [0, 0.1) is 0 Å². The van der Waals surface area contributed by atoms with Gasteiger partial charge in [-0.2, -0.15) is 0 Å². The van der Waals surface area contributed by atoms with Crippen LogP contribution in [0.2, 0.25) is 0 Å². The summed E-state index contributed by atoms with van der Waals surface area (Å²) < 4.78 is 63.1. The highest BCUT2D eigenvalue weighted by Crippen LogP contribution is 2.60. The van der Waals surface area contributed by atoms with Crippen molar-refractivity contribution in [1.29, 1.82) is 0 Å². The van der Waals surface area contributed by atoms with Crippen molar-refractivity contribution < 1.29 is 37.9 Å². The number of hydrogen-bond donors (Lipinski definition) is 12. The summed E-state index contributed by atoms with van der Waals surface area (Å²) in [6.07, 6.45) is 48.4.